The van der Waals surface area contributed by atoms with Crippen LogP contribution >= 0.6 is 0 Å². The zero-order valence-corrected chi connectivity index (χ0v) is 9.66. The van der Waals surface area contributed by atoms with Crippen LogP contribution < -0.4 is 10.5 Å². The van der Waals surface area contributed by atoms with E-state index < -0.39 is 0 Å². The third kappa shape index (κ3) is 3.76. The monoisotopic (exact) mass is 205 g/mol. The Hall–Kier alpha value is -1.28. The second-order valence-corrected chi connectivity index (χ2v) is 3.92. The van der Waals surface area contributed by atoms with Crippen molar-refractivity contribution in [1.29, 1.82) is 0 Å². The maximum Gasteiger partial charge on any atom is 0.124 e. The summed E-state index contributed by atoms with van der Waals surface area (Å²) in [7, 11) is 0. The number of para-hydroxylation sites is 1. The van der Waals surface area contributed by atoms with E-state index >= 15 is 0 Å². The topological polar surface area (TPSA) is 35.2 Å². The van der Waals surface area contributed by atoms with Crippen molar-refractivity contribution in [1.82, 2.24) is 0 Å². The van der Waals surface area contributed by atoms with Gasteiger partial charge in [0.25, 0.3) is 0 Å². The first-order valence-corrected chi connectivity index (χ1v) is 5.22. The highest BCUT2D eigenvalue weighted by Gasteiger charge is 2.05. The molecule has 0 spiro atoms. The Morgan fingerprint density at radius 1 is 1.40 bits per heavy atom. The maximum atomic E-state index is 5.85. The highest BCUT2D eigenvalue weighted by Crippen LogP contribution is 2.23. The van der Waals surface area contributed by atoms with Crippen molar-refractivity contribution in [2.24, 2.45) is 5.73 Å². The van der Waals surface area contributed by atoms with Crippen LogP contribution in [0.3, 0.4) is 0 Å². The average molecular weight is 205 g/mol. The minimum atomic E-state index is 0.00732. The van der Waals surface area contributed by atoms with E-state index in [4.69, 9.17) is 10.5 Å². The number of allylic oxidation sites excluding steroid dienone is 1. The molecule has 0 aliphatic heterocycles. The second-order valence-electron chi connectivity index (χ2n) is 3.92. The number of rotatable bonds is 4. The third-order valence-electron chi connectivity index (χ3n) is 2.14. The normalized spacial score (nSPS) is 12.0. The Morgan fingerprint density at radius 3 is 2.67 bits per heavy atom. The van der Waals surface area contributed by atoms with E-state index in [2.05, 4.69) is 19.9 Å². The molecular formula is C13H19NO. The number of hydrogen-bond acceptors (Lipinski definition) is 2. The first-order valence-electron chi connectivity index (χ1n) is 5.22. The molecule has 15 heavy (non-hydrogen) atoms. The fourth-order valence-electron chi connectivity index (χ4n) is 1.29. The molecule has 0 fully saturated rings. The van der Waals surface area contributed by atoms with Gasteiger partial charge in [0.1, 0.15) is 12.4 Å². The van der Waals surface area contributed by atoms with Gasteiger partial charge in [-0.1, -0.05) is 23.8 Å². The molecule has 1 atom stereocenters. The molecule has 0 heterocycles. The van der Waals surface area contributed by atoms with Crippen molar-refractivity contribution >= 4 is 0 Å². The molecule has 2 heteroatoms. The Morgan fingerprint density at radius 2 is 2.07 bits per heavy atom. The number of benzene rings is 1. The molecule has 1 rings (SSSR count). The van der Waals surface area contributed by atoms with Crippen LogP contribution in [0.1, 0.15) is 32.4 Å². The summed E-state index contributed by atoms with van der Waals surface area (Å²) in [6.07, 6.45) is 2.05. The van der Waals surface area contributed by atoms with Crippen molar-refractivity contribution in [3.8, 4) is 5.75 Å². The van der Waals surface area contributed by atoms with Gasteiger partial charge in [-0.05, 0) is 32.9 Å². The van der Waals surface area contributed by atoms with Crippen LogP contribution in [0.4, 0.5) is 0 Å². The van der Waals surface area contributed by atoms with Crippen LogP contribution in [0.25, 0.3) is 0 Å². The molecule has 0 radical (unpaired) electrons. The standard InChI is InChI=1S/C13H19NO/c1-10(2)8-9-15-13-7-5-4-6-12(13)11(3)14/h4-8,11H,9,14H2,1-3H3/t11-/m0/s1. The van der Waals surface area contributed by atoms with Gasteiger partial charge in [0, 0.05) is 11.6 Å². The van der Waals surface area contributed by atoms with Crippen molar-refractivity contribution in [2.75, 3.05) is 6.61 Å². The minimum absolute atomic E-state index is 0.00732. The summed E-state index contributed by atoms with van der Waals surface area (Å²) in [5, 5.41) is 0. The largest absolute Gasteiger partial charge is 0.489 e. The van der Waals surface area contributed by atoms with Crippen LogP contribution in [0.2, 0.25) is 0 Å². The van der Waals surface area contributed by atoms with E-state index in [-0.39, 0.29) is 6.04 Å². The Bertz CT molecular complexity index is 338. The van der Waals surface area contributed by atoms with Crippen LogP contribution in [-0.2, 0) is 0 Å². The molecule has 0 unspecified atom stereocenters. The average Bonchev–Trinajstić information content (AvgIpc) is 2.17. The van der Waals surface area contributed by atoms with Crippen LogP contribution in [0, 0.1) is 0 Å². The van der Waals surface area contributed by atoms with Crippen molar-refractivity contribution in [3.63, 3.8) is 0 Å². The molecule has 1 aromatic rings. The zero-order valence-electron chi connectivity index (χ0n) is 9.66. The minimum Gasteiger partial charge on any atom is -0.489 e. The predicted molar refractivity (Wildman–Crippen MR) is 64.0 cm³/mol. The molecule has 1 aromatic carbocycles. The van der Waals surface area contributed by atoms with E-state index in [1.807, 2.05) is 31.2 Å². The van der Waals surface area contributed by atoms with E-state index in [1.54, 1.807) is 0 Å². The van der Waals surface area contributed by atoms with Gasteiger partial charge in [-0.25, -0.2) is 0 Å². The number of nitrogens with two attached hydrogens (primary N) is 1. The smallest absolute Gasteiger partial charge is 0.124 e. The number of hydrogen-bond donors (Lipinski definition) is 1. The fourth-order valence-corrected chi connectivity index (χ4v) is 1.29. The first kappa shape index (κ1) is 11.8. The van der Waals surface area contributed by atoms with Crippen molar-refractivity contribution in [3.05, 3.63) is 41.5 Å². The highest BCUT2D eigenvalue weighted by molar-refractivity contribution is 5.35. The second kappa shape index (κ2) is 5.56. The van der Waals surface area contributed by atoms with Gasteiger partial charge < -0.3 is 10.5 Å². The van der Waals surface area contributed by atoms with Gasteiger partial charge in [-0.3, -0.25) is 0 Å². The maximum absolute atomic E-state index is 5.85. The predicted octanol–water partition coefficient (Wildman–Crippen LogP) is 3.05. The van der Waals surface area contributed by atoms with Crippen LogP contribution in [0.15, 0.2) is 35.9 Å². The summed E-state index contributed by atoms with van der Waals surface area (Å²) in [6.45, 7) is 6.68. The molecule has 0 bridgehead atoms. The molecule has 0 saturated carbocycles. The molecule has 0 aromatic heterocycles. The first-order chi connectivity index (χ1) is 7.11. The molecule has 0 amide bonds. The Balaban J connectivity index is 2.72. The molecule has 2 nitrogen and oxygen atoms in total. The van der Waals surface area contributed by atoms with E-state index in [0.717, 1.165) is 11.3 Å². The molecule has 0 aliphatic carbocycles. The van der Waals surface area contributed by atoms with Crippen molar-refractivity contribution in [2.45, 2.75) is 26.8 Å². The Kier molecular flexibility index (Phi) is 4.37. The molecule has 82 valence electrons. The van der Waals surface area contributed by atoms with E-state index in [0.29, 0.717) is 6.61 Å². The van der Waals surface area contributed by atoms with Crippen LogP contribution in [-0.4, -0.2) is 6.61 Å². The molecular weight excluding hydrogens is 186 g/mol. The molecule has 2 N–H and O–H groups in total. The van der Waals surface area contributed by atoms with E-state index in [1.165, 1.54) is 5.57 Å². The SMILES string of the molecule is CC(C)=CCOc1ccccc1[C@H](C)N. The van der Waals surface area contributed by atoms with Gasteiger partial charge in [0.2, 0.25) is 0 Å². The quantitative estimate of drug-likeness (QED) is 0.767. The van der Waals surface area contributed by atoms with Crippen LogP contribution in [0.5, 0.6) is 5.75 Å². The fraction of sp³-hybridized carbons (Fsp3) is 0.385. The van der Waals surface area contributed by atoms with Gasteiger partial charge >= 0.3 is 0 Å². The lowest BCUT2D eigenvalue weighted by atomic mass is 10.1. The summed E-state index contributed by atoms with van der Waals surface area (Å²) in [4.78, 5) is 0. The summed E-state index contributed by atoms with van der Waals surface area (Å²) >= 11 is 0. The Labute approximate surface area is 91.7 Å². The lowest BCUT2D eigenvalue weighted by Crippen LogP contribution is -2.07. The lowest BCUT2D eigenvalue weighted by Gasteiger charge is -2.12. The summed E-state index contributed by atoms with van der Waals surface area (Å²) in [5.74, 6) is 0.880. The molecule has 0 saturated heterocycles. The lowest BCUT2D eigenvalue weighted by molar-refractivity contribution is 0.356. The highest BCUT2D eigenvalue weighted by atomic mass is 16.5. The number of ether oxygens (including phenoxy) is 1. The zero-order chi connectivity index (χ0) is 11.3. The van der Waals surface area contributed by atoms with Gasteiger partial charge in [0.05, 0.1) is 0 Å². The summed E-state index contributed by atoms with van der Waals surface area (Å²) < 4.78 is 5.65. The van der Waals surface area contributed by atoms with Gasteiger partial charge in [-0.15, -0.1) is 0 Å². The molecule has 0 aliphatic rings. The summed E-state index contributed by atoms with van der Waals surface area (Å²) in [5.41, 5.74) is 8.16. The van der Waals surface area contributed by atoms with Crippen molar-refractivity contribution < 1.29 is 4.74 Å². The third-order valence-corrected chi connectivity index (χ3v) is 2.14. The summed E-state index contributed by atoms with van der Waals surface area (Å²) in [6, 6.07) is 7.91. The van der Waals surface area contributed by atoms with Gasteiger partial charge in [0.15, 0.2) is 0 Å². The van der Waals surface area contributed by atoms with Gasteiger partial charge in [-0.2, -0.15) is 0 Å². The van der Waals surface area contributed by atoms with E-state index in [9.17, 15) is 0 Å².